The second-order valence-corrected chi connectivity index (χ2v) is 6.14. The van der Waals surface area contributed by atoms with Crippen LogP contribution in [0.5, 0.6) is 11.5 Å². The summed E-state index contributed by atoms with van der Waals surface area (Å²) in [6.07, 6.45) is 5.12. The highest BCUT2D eigenvalue weighted by Gasteiger charge is 2.03. The molecular weight excluding hydrogens is 325 g/mol. The number of nitrogens with zero attached hydrogens (tertiary/aromatic N) is 1. The number of ether oxygens (including phenoxy) is 1. The minimum Gasteiger partial charge on any atom is -0.457 e. The number of rotatable bonds is 5. The second-order valence-electron chi connectivity index (χ2n) is 6.14. The molecule has 0 aliphatic carbocycles. The average molecular weight is 343 g/mol. The van der Waals surface area contributed by atoms with Crippen molar-refractivity contribution in [3.63, 3.8) is 0 Å². The molecule has 0 unspecified atom stereocenters. The SMILES string of the molecule is Fc1ccc(Oc2ccc(-n3ccc(Cc4ccccc4)c3)cc2)cc1. The minimum atomic E-state index is -0.272. The van der Waals surface area contributed by atoms with Gasteiger partial charge in [0.1, 0.15) is 17.3 Å². The van der Waals surface area contributed by atoms with Gasteiger partial charge >= 0.3 is 0 Å². The predicted molar refractivity (Wildman–Crippen MR) is 101 cm³/mol. The van der Waals surface area contributed by atoms with E-state index in [2.05, 4.69) is 47.3 Å². The zero-order valence-electron chi connectivity index (χ0n) is 14.2. The maximum absolute atomic E-state index is 12.9. The topological polar surface area (TPSA) is 14.2 Å². The fraction of sp³-hybridized carbons (Fsp3) is 0.0435. The van der Waals surface area contributed by atoms with Crippen molar-refractivity contribution >= 4 is 0 Å². The van der Waals surface area contributed by atoms with Crippen LogP contribution >= 0.6 is 0 Å². The first kappa shape index (κ1) is 16.2. The molecule has 3 heteroatoms. The van der Waals surface area contributed by atoms with Crippen LogP contribution in [0.1, 0.15) is 11.1 Å². The summed E-state index contributed by atoms with van der Waals surface area (Å²) in [4.78, 5) is 0. The van der Waals surface area contributed by atoms with Crippen LogP contribution in [0.25, 0.3) is 5.69 Å². The third-order valence-electron chi connectivity index (χ3n) is 4.19. The van der Waals surface area contributed by atoms with Gasteiger partial charge in [-0.05, 0) is 72.1 Å². The molecule has 0 fully saturated rings. The van der Waals surface area contributed by atoms with E-state index in [0.29, 0.717) is 5.75 Å². The van der Waals surface area contributed by atoms with Gasteiger partial charge in [-0.2, -0.15) is 0 Å². The summed E-state index contributed by atoms with van der Waals surface area (Å²) in [6.45, 7) is 0. The van der Waals surface area contributed by atoms with E-state index in [-0.39, 0.29) is 5.82 Å². The van der Waals surface area contributed by atoms with Gasteiger partial charge in [0.2, 0.25) is 0 Å². The van der Waals surface area contributed by atoms with Crippen molar-refractivity contribution in [1.29, 1.82) is 0 Å². The van der Waals surface area contributed by atoms with Crippen molar-refractivity contribution in [2.75, 3.05) is 0 Å². The predicted octanol–water partition coefficient (Wildman–Crippen LogP) is 6.00. The Labute approximate surface area is 152 Å². The highest BCUT2D eigenvalue weighted by molar-refractivity contribution is 5.41. The van der Waals surface area contributed by atoms with Crippen molar-refractivity contribution in [1.82, 2.24) is 4.57 Å². The smallest absolute Gasteiger partial charge is 0.127 e. The van der Waals surface area contributed by atoms with Gasteiger partial charge in [0, 0.05) is 18.1 Å². The Morgan fingerprint density at radius 3 is 2.04 bits per heavy atom. The Hall–Kier alpha value is -3.33. The Bertz CT molecular complexity index is 973. The van der Waals surface area contributed by atoms with Crippen molar-refractivity contribution in [3.8, 4) is 17.2 Å². The number of benzene rings is 3. The van der Waals surface area contributed by atoms with Gasteiger partial charge in [-0.1, -0.05) is 30.3 Å². The van der Waals surface area contributed by atoms with Gasteiger partial charge in [-0.3, -0.25) is 0 Å². The summed E-state index contributed by atoms with van der Waals surface area (Å²) in [5.41, 5.74) is 3.63. The van der Waals surface area contributed by atoms with E-state index in [4.69, 9.17) is 4.74 Å². The van der Waals surface area contributed by atoms with Crippen LogP contribution in [0.4, 0.5) is 4.39 Å². The third-order valence-corrected chi connectivity index (χ3v) is 4.19. The molecule has 0 radical (unpaired) electrons. The average Bonchev–Trinajstić information content (AvgIpc) is 3.13. The molecule has 26 heavy (non-hydrogen) atoms. The lowest BCUT2D eigenvalue weighted by molar-refractivity contribution is 0.480. The monoisotopic (exact) mass is 343 g/mol. The van der Waals surface area contributed by atoms with Crippen LogP contribution in [-0.2, 0) is 6.42 Å². The van der Waals surface area contributed by atoms with Crippen LogP contribution in [0.15, 0.2) is 97.3 Å². The van der Waals surface area contributed by atoms with Crippen LogP contribution in [0, 0.1) is 5.82 Å². The molecule has 0 aliphatic heterocycles. The molecule has 0 amide bonds. The van der Waals surface area contributed by atoms with Gasteiger partial charge in [-0.15, -0.1) is 0 Å². The molecule has 128 valence electrons. The fourth-order valence-corrected chi connectivity index (χ4v) is 2.86. The van der Waals surface area contributed by atoms with Crippen LogP contribution in [0.3, 0.4) is 0 Å². The number of hydrogen-bond acceptors (Lipinski definition) is 1. The third kappa shape index (κ3) is 3.83. The summed E-state index contributed by atoms with van der Waals surface area (Å²) in [5, 5.41) is 0. The van der Waals surface area contributed by atoms with E-state index in [1.807, 2.05) is 30.3 Å². The largest absolute Gasteiger partial charge is 0.457 e. The van der Waals surface area contributed by atoms with Crippen LogP contribution in [0.2, 0.25) is 0 Å². The molecule has 0 saturated carbocycles. The molecule has 4 rings (SSSR count). The lowest BCUT2D eigenvalue weighted by atomic mass is 10.1. The second kappa shape index (κ2) is 7.28. The summed E-state index contributed by atoms with van der Waals surface area (Å²) < 4.78 is 20.8. The number of aromatic nitrogens is 1. The molecule has 2 nitrogen and oxygen atoms in total. The maximum atomic E-state index is 12.9. The summed E-state index contributed by atoms with van der Waals surface area (Å²) in [7, 11) is 0. The molecule has 4 aromatic rings. The molecule has 0 atom stereocenters. The number of hydrogen-bond donors (Lipinski definition) is 0. The molecule has 1 aromatic heterocycles. The van der Waals surface area contributed by atoms with E-state index in [1.54, 1.807) is 12.1 Å². The first-order chi connectivity index (χ1) is 12.8. The van der Waals surface area contributed by atoms with E-state index in [9.17, 15) is 4.39 Å². The highest BCUT2D eigenvalue weighted by Crippen LogP contribution is 2.23. The Morgan fingerprint density at radius 1 is 0.692 bits per heavy atom. The van der Waals surface area contributed by atoms with Gasteiger partial charge in [0.05, 0.1) is 0 Å². The van der Waals surface area contributed by atoms with Crippen molar-refractivity contribution in [2.45, 2.75) is 6.42 Å². The number of halogens is 1. The quantitative estimate of drug-likeness (QED) is 0.433. The van der Waals surface area contributed by atoms with Crippen molar-refractivity contribution < 1.29 is 9.13 Å². The highest BCUT2D eigenvalue weighted by atomic mass is 19.1. The molecule has 1 heterocycles. The van der Waals surface area contributed by atoms with Crippen LogP contribution in [-0.4, -0.2) is 4.57 Å². The van der Waals surface area contributed by atoms with E-state index < -0.39 is 0 Å². The first-order valence-corrected chi connectivity index (χ1v) is 8.51. The molecule has 0 N–H and O–H groups in total. The van der Waals surface area contributed by atoms with Gasteiger partial charge in [-0.25, -0.2) is 4.39 Å². The lowest BCUT2D eigenvalue weighted by Crippen LogP contribution is -1.91. The van der Waals surface area contributed by atoms with E-state index in [0.717, 1.165) is 17.9 Å². The molecular formula is C23H18FNO. The van der Waals surface area contributed by atoms with Gasteiger partial charge in [0.15, 0.2) is 0 Å². The first-order valence-electron chi connectivity index (χ1n) is 8.51. The Kier molecular flexibility index (Phi) is 4.52. The van der Waals surface area contributed by atoms with Crippen molar-refractivity contribution in [3.05, 3.63) is 114 Å². The maximum Gasteiger partial charge on any atom is 0.127 e. The minimum absolute atomic E-state index is 0.272. The molecule has 0 bridgehead atoms. The van der Waals surface area contributed by atoms with E-state index in [1.165, 1.54) is 23.3 Å². The normalized spacial score (nSPS) is 10.7. The standard InChI is InChI=1S/C23H18FNO/c24-20-6-10-22(11-7-20)26-23-12-8-21(9-13-23)25-15-14-19(17-25)16-18-4-2-1-3-5-18/h1-15,17H,16H2. The fourth-order valence-electron chi connectivity index (χ4n) is 2.86. The van der Waals surface area contributed by atoms with Crippen LogP contribution < -0.4 is 4.74 Å². The summed E-state index contributed by atoms with van der Waals surface area (Å²) >= 11 is 0. The van der Waals surface area contributed by atoms with Gasteiger partial charge in [0.25, 0.3) is 0 Å². The molecule has 0 spiro atoms. The summed E-state index contributed by atoms with van der Waals surface area (Å²) in [5.74, 6) is 1.06. The summed E-state index contributed by atoms with van der Waals surface area (Å²) in [6, 6.07) is 26.4. The Balaban J connectivity index is 1.46. The van der Waals surface area contributed by atoms with Gasteiger partial charge < -0.3 is 9.30 Å². The molecule has 0 aliphatic rings. The molecule has 0 saturated heterocycles. The van der Waals surface area contributed by atoms with Crippen molar-refractivity contribution in [2.24, 2.45) is 0 Å². The zero-order valence-corrected chi connectivity index (χ0v) is 14.2. The zero-order chi connectivity index (χ0) is 17.8. The molecule has 3 aromatic carbocycles. The lowest BCUT2D eigenvalue weighted by Gasteiger charge is -2.07. The van der Waals surface area contributed by atoms with E-state index >= 15 is 0 Å². The Morgan fingerprint density at radius 2 is 1.35 bits per heavy atom.